The average Bonchev–Trinajstić information content (AvgIpc) is 2.63. The zero-order chi connectivity index (χ0) is 17.0. The second-order valence-electron chi connectivity index (χ2n) is 7.49. The summed E-state index contributed by atoms with van der Waals surface area (Å²) in [6.07, 6.45) is 11.9. The predicted molar refractivity (Wildman–Crippen MR) is 95.9 cm³/mol. The first-order valence-corrected chi connectivity index (χ1v) is 10.3. The van der Waals surface area contributed by atoms with E-state index in [2.05, 4.69) is 13.8 Å². The Labute approximate surface area is 148 Å². The largest absolute Gasteiger partial charge is 0.352 e. The molecule has 2 heterocycles. The molecular formula is C20H38O4. The Morgan fingerprint density at radius 3 is 1.54 bits per heavy atom. The Morgan fingerprint density at radius 2 is 1.00 bits per heavy atom. The monoisotopic (exact) mass is 342 g/mol. The van der Waals surface area contributed by atoms with Gasteiger partial charge in [0.1, 0.15) is 0 Å². The highest BCUT2D eigenvalue weighted by Gasteiger charge is 2.25. The van der Waals surface area contributed by atoms with E-state index < -0.39 is 0 Å². The summed E-state index contributed by atoms with van der Waals surface area (Å²) in [4.78, 5) is 0. The van der Waals surface area contributed by atoms with Crippen molar-refractivity contribution in [2.45, 2.75) is 90.6 Å². The summed E-state index contributed by atoms with van der Waals surface area (Å²) in [6, 6.07) is 0. The molecule has 0 aromatic rings. The lowest BCUT2D eigenvalue weighted by Gasteiger charge is -2.32. The van der Waals surface area contributed by atoms with Gasteiger partial charge in [-0.05, 0) is 32.1 Å². The fourth-order valence-corrected chi connectivity index (χ4v) is 3.45. The summed E-state index contributed by atoms with van der Waals surface area (Å²) in [6.45, 7) is 7.85. The van der Waals surface area contributed by atoms with Crippen molar-refractivity contribution in [3.63, 3.8) is 0 Å². The molecule has 4 nitrogen and oxygen atoms in total. The van der Waals surface area contributed by atoms with Crippen LogP contribution in [0.15, 0.2) is 0 Å². The Balaban J connectivity index is 1.49. The van der Waals surface area contributed by atoms with Gasteiger partial charge in [0.05, 0.1) is 26.4 Å². The van der Waals surface area contributed by atoms with Gasteiger partial charge in [0.25, 0.3) is 0 Å². The molecule has 0 spiro atoms. The summed E-state index contributed by atoms with van der Waals surface area (Å²) < 4.78 is 23.5. The fourth-order valence-electron chi connectivity index (χ4n) is 3.45. The van der Waals surface area contributed by atoms with Gasteiger partial charge in [-0.1, -0.05) is 46.0 Å². The van der Waals surface area contributed by atoms with Gasteiger partial charge in [-0.15, -0.1) is 0 Å². The highest BCUT2D eigenvalue weighted by Crippen LogP contribution is 2.24. The van der Waals surface area contributed by atoms with Gasteiger partial charge in [-0.25, -0.2) is 0 Å². The molecule has 2 aliphatic heterocycles. The van der Waals surface area contributed by atoms with Crippen LogP contribution in [0.4, 0.5) is 0 Å². The van der Waals surface area contributed by atoms with Crippen LogP contribution < -0.4 is 0 Å². The first-order valence-electron chi connectivity index (χ1n) is 10.3. The number of hydrogen-bond donors (Lipinski definition) is 0. The van der Waals surface area contributed by atoms with E-state index in [1.807, 2.05) is 0 Å². The summed E-state index contributed by atoms with van der Waals surface area (Å²) in [5.41, 5.74) is 0. The molecule has 0 radical (unpaired) electrons. The van der Waals surface area contributed by atoms with Gasteiger partial charge in [0.15, 0.2) is 12.6 Å². The molecule has 0 amide bonds. The third-order valence-corrected chi connectivity index (χ3v) is 5.14. The molecule has 0 saturated carbocycles. The Morgan fingerprint density at radius 1 is 0.542 bits per heavy atom. The second-order valence-corrected chi connectivity index (χ2v) is 7.49. The molecule has 2 saturated heterocycles. The SMILES string of the molecule is CCCCC[C@H]1CO[C@H](CC[C@H]2CO[C@H](CCCCC)OC2)OC1. The zero-order valence-electron chi connectivity index (χ0n) is 15.8. The molecule has 0 aromatic heterocycles. The van der Waals surface area contributed by atoms with E-state index in [0.29, 0.717) is 11.8 Å². The molecule has 2 aliphatic rings. The van der Waals surface area contributed by atoms with E-state index in [0.717, 1.165) is 45.7 Å². The van der Waals surface area contributed by atoms with Crippen molar-refractivity contribution in [2.24, 2.45) is 11.8 Å². The van der Waals surface area contributed by atoms with Gasteiger partial charge in [-0.3, -0.25) is 0 Å². The van der Waals surface area contributed by atoms with Crippen LogP contribution >= 0.6 is 0 Å². The molecule has 0 aliphatic carbocycles. The maximum atomic E-state index is 5.90. The topological polar surface area (TPSA) is 36.9 Å². The molecule has 142 valence electrons. The van der Waals surface area contributed by atoms with E-state index in [-0.39, 0.29) is 12.6 Å². The number of rotatable bonds is 11. The van der Waals surface area contributed by atoms with E-state index >= 15 is 0 Å². The van der Waals surface area contributed by atoms with Crippen molar-refractivity contribution in [3.8, 4) is 0 Å². The lowest BCUT2D eigenvalue weighted by atomic mass is 10.0. The smallest absolute Gasteiger partial charge is 0.157 e. The lowest BCUT2D eigenvalue weighted by Crippen LogP contribution is -2.35. The molecule has 0 N–H and O–H groups in total. The molecule has 0 aromatic carbocycles. The second kappa shape index (κ2) is 12.2. The Kier molecular flexibility index (Phi) is 10.3. The van der Waals surface area contributed by atoms with Crippen LogP contribution in [-0.4, -0.2) is 39.0 Å². The molecule has 0 atom stereocenters. The summed E-state index contributed by atoms with van der Waals surface area (Å²) in [5, 5.41) is 0. The standard InChI is InChI=1S/C20H38O4/c1-3-5-7-9-17-13-23-20(24-14-17)12-11-18-15-21-19(22-16-18)10-8-6-4-2/h17-20H,3-16H2,1-2H3/t17-,18-,19-,20-. The van der Waals surface area contributed by atoms with Crippen LogP contribution in [0.3, 0.4) is 0 Å². The molecule has 4 heteroatoms. The zero-order valence-corrected chi connectivity index (χ0v) is 15.8. The van der Waals surface area contributed by atoms with Crippen molar-refractivity contribution in [2.75, 3.05) is 26.4 Å². The van der Waals surface area contributed by atoms with E-state index in [1.165, 1.54) is 44.9 Å². The highest BCUT2D eigenvalue weighted by atomic mass is 16.7. The first kappa shape index (κ1) is 20.2. The average molecular weight is 343 g/mol. The van der Waals surface area contributed by atoms with Crippen LogP contribution in [0.2, 0.25) is 0 Å². The lowest BCUT2D eigenvalue weighted by molar-refractivity contribution is -0.219. The highest BCUT2D eigenvalue weighted by molar-refractivity contribution is 4.68. The number of unbranched alkanes of at least 4 members (excludes halogenated alkanes) is 4. The molecule has 0 unspecified atom stereocenters. The molecule has 24 heavy (non-hydrogen) atoms. The minimum absolute atomic E-state index is 0.0188. The number of hydrogen-bond acceptors (Lipinski definition) is 4. The maximum Gasteiger partial charge on any atom is 0.157 e. The van der Waals surface area contributed by atoms with Gasteiger partial charge in [0, 0.05) is 11.8 Å². The summed E-state index contributed by atoms with van der Waals surface area (Å²) >= 11 is 0. The van der Waals surface area contributed by atoms with Crippen LogP contribution in [0.1, 0.15) is 78.1 Å². The molecule has 0 bridgehead atoms. The molecular weight excluding hydrogens is 304 g/mol. The fraction of sp³-hybridized carbons (Fsp3) is 1.00. The third kappa shape index (κ3) is 7.81. The normalized spacial score (nSPS) is 31.2. The summed E-state index contributed by atoms with van der Waals surface area (Å²) in [5.74, 6) is 1.08. The van der Waals surface area contributed by atoms with Crippen molar-refractivity contribution >= 4 is 0 Å². The van der Waals surface area contributed by atoms with Crippen LogP contribution in [0.5, 0.6) is 0 Å². The van der Waals surface area contributed by atoms with Crippen molar-refractivity contribution in [1.82, 2.24) is 0 Å². The quantitative estimate of drug-likeness (QED) is 0.500. The van der Waals surface area contributed by atoms with Gasteiger partial charge in [-0.2, -0.15) is 0 Å². The third-order valence-electron chi connectivity index (χ3n) is 5.14. The van der Waals surface area contributed by atoms with Gasteiger partial charge >= 0.3 is 0 Å². The van der Waals surface area contributed by atoms with E-state index in [9.17, 15) is 0 Å². The van der Waals surface area contributed by atoms with Gasteiger partial charge in [0.2, 0.25) is 0 Å². The van der Waals surface area contributed by atoms with E-state index in [1.54, 1.807) is 0 Å². The predicted octanol–water partition coefficient (Wildman–Crippen LogP) is 4.91. The number of ether oxygens (including phenoxy) is 4. The maximum absolute atomic E-state index is 5.90. The Hall–Kier alpha value is -0.160. The van der Waals surface area contributed by atoms with Gasteiger partial charge < -0.3 is 18.9 Å². The Bertz CT molecular complexity index is 264. The van der Waals surface area contributed by atoms with Crippen molar-refractivity contribution in [3.05, 3.63) is 0 Å². The van der Waals surface area contributed by atoms with Crippen LogP contribution in [0.25, 0.3) is 0 Å². The minimum atomic E-state index is -0.0188. The van der Waals surface area contributed by atoms with Crippen LogP contribution in [-0.2, 0) is 18.9 Å². The van der Waals surface area contributed by atoms with E-state index in [4.69, 9.17) is 18.9 Å². The van der Waals surface area contributed by atoms with Crippen LogP contribution in [0, 0.1) is 11.8 Å². The minimum Gasteiger partial charge on any atom is -0.352 e. The molecule has 2 fully saturated rings. The van der Waals surface area contributed by atoms with Crippen molar-refractivity contribution in [1.29, 1.82) is 0 Å². The first-order chi connectivity index (χ1) is 11.8. The summed E-state index contributed by atoms with van der Waals surface area (Å²) in [7, 11) is 0. The van der Waals surface area contributed by atoms with Crippen molar-refractivity contribution < 1.29 is 18.9 Å². The molecule has 2 rings (SSSR count).